The third-order valence-corrected chi connectivity index (χ3v) is 7.19. The van der Waals surface area contributed by atoms with Gasteiger partial charge in [0.1, 0.15) is 5.82 Å². The monoisotopic (exact) mass is 532 g/mol. The number of benzene rings is 1. The van der Waals surface area contributed by atoms with Crippen LogP contribution in [-0.4, -0.2) is 74.4 Å². The molecule has 0 radical (unpaired) electrons. The van der Waals surface area contributed by atoms with Crippen molar-refractivity contribution in [1.82, 2.24) is 24.4 Å². The Hall–Kier alpha value is -3.50. The van der Waals surface area contributed by atoms with Crippen LogP contribution < -0.4 is 10.2 Å². The number of piperazine rings is 1. The second-order valence-corrected chi connectivity index (χ2v) is 13.7. The summed E-state index contributed by atoms with van der Waals surface area (Å²) in [4.78, 5) is 19.0. The maximum absolute atomic E-state index is 12.3. The molecule has 4 aromatic rings. The number of likely N-dealkylation sites (N-methyl/N-ethyl adjacent to an activating group) is 1. The molecule has 38 heavy (non-hydrogen) atoms. The number of hydrogen-bond acceptors (Lipinski definition) is 8. The zero-order valence-electron chi connectivity index (χ0n) is 23.0. The van der Waals surface area contributed by atoms with Gasteiger partial charge >= 0.3 is 0 Å². The fourth-order valence-electron chi connectivity index (χ4n) is 4.60. The van der Waals surface area contributed by atoms with Crippen LogP contribution in [0.5, 0.6) is 0 Å². The average molecular weight is 533 g/mol. The second kappa shape index (κ2) is 9.99. The number of aromatic nitrogens is 4. The lowest BCUT2D eigenvalue weighted by molar-refractivity contribution is 0.313. The van der Waals surface area contributed by atoms with Crippen LogP contribution in [0.2, 0.25) is 0 Å². The second-order valence-electron chi connectivity index (χ2n) is 11.2. The van der Waals surface area contributed by atoms with Crippen molar-refractivity contribution in [2.24, 2.45) is 4.36 Å². The van der Waals surface area contributed by atoms with Gasteiger partial charge in [0, 0.05) is 82.5 Å². The number of nitrogens with one attached hydrogen (secondary N) is 1. The van der Waals surface area contributed by atoms with Crippen molar-refractivity contribution in [1.29, 1.82) is 0 Å². The minimum Gasteiger partial charge on any atom is -0.369 e. The molecule has 0 amide bonds. The zero-order chi connectivity index (χ0) is 27.1. The smallest absolute Gasteiger partial charge is 0.229 e. The summed E-state index contributed by atoms with van der Waals surface area (Å²) < 4.78 is 18.6. The van der Waals surface area contributed by atoms with E-state index in [0.29, 0.717) is 17.6 Å². The lowest BCUT2D eigenvalue weighted by atomic mass is 9.92. The van der Waals surface area contributed by atoms with E-state index in [1.54, 1.807) is 18.6 Å². The van der Waals surface area contributed by atoms with Crippen LogP contribution >= 0.6 is 0 Å². The molecule has 200 valence electrons. The van der Waals surface area contributed by atoms with E-state index in [4.69, 9.17) is 9.97 Å². The van der Waals surface area contributed by atoms with Gasteiger partial charge in [-0.3, -0.25) is 4.57 Å². The Bertz CT molecular complexity index is 1560. The highest BCUT2D eigenvalue weighted by Gasteiger charge is 2.24. The molecule has 4 heterocycles. The summed E-state index contributed by atoms with van der Waals surface area (Å²) >= 11 is 0. The number of nitrogens with zero attached hydrogens (tertiary/aromatic N) is 7. The largest absolute Gasteiger partial charge is 0.369 e. The Morgan fingerprint density at radius 3 is 2.34 bits per heavy atom. The van der Waals surface area contributed by atoms with Gasteiger partial charge in [-0.1, -0.05) is 26.8 Å². The first-order chi connectivity index (χ1) is 18.0. The first-order valence-corrected chi connectivity index (χ1v) is 15.1. The predicted molar refractivity (Wildman–Crippen MR) is 157 cm³/mol. The van der Waals surface area contributed by atoms with Crippen molar-refractivity contribution >= 4 is 43.9 Å². The molecule has 0 saturated carbocycles. The van der Waals surface area contributed by atoms with Crippen molar-refractivity contribution in [3.05, 3.63) is 60.4 Å². The zero-order valence-corrected chi connectivity index (χ0v) is 23.8. The van der Waals surface area contributed by atoms with Gasteiger partial charge in [-0.05, 0) is 49.5 Å². The van der Waals surface area contributed by atoms with Gasteiger partial charge in [-0.2, -0.15) is 9.35 Å². The molecule has 1 aromatic carbocycles. The van der Waals surface area contributed by atoms with E-state index in [9.17, 15) is 4.21 Å². The van der Waals surface area contributed by atoms with Crippen molar-refractivity contribution in [3.63, 3.8) is 0 Å². The Kier molecular flexibility index (Phi) is 6.87. The molecule has 9 nitrogen and oxygen atoms in total. The van der Waals surface area contributed by atoms with Gasteiger partial charge < -0.3 is 15.1 Å². The quantitative estimate of drug-likeness (QED) is 0.388. The fraction of sp³-hybridized carbons (Fsp3) is 0.393. The maximum Gasteiger partial charge on any atom is 0.229 e. The minimum atomic E-state index is -2.34. The molecule has 1 aliphatic heterocycles. The third-order valence-electron chi connectivity index (χ3n) is 6.56. The van der Waals surface area contributed by atoms with E-state index in [-0.39, 0.29) is 5.41 Å². The van der Waals surface area contributed by atoms with E-state index in [1.807, 2.05) is 22.9 Å². The lowest BCUT2D eigenvalue weighted by Gasteiger charge is -2.34. The molecular weight excluding hydrogens is 496 g/mol. The van der Waals surface area contributed by atoms with E-state index in [0.717, 1.165) is 48.6 Å². The Morgan fingerprint density at radius 2 is 1.68 bits per heavy atom. The highest BCUT2D eigenvalue weighted by molar-refractivity contribution is 7.92. The number of hydrogen-bond donors (Lipinski definition) is 1. The fourth-order valence-corrected chi connectivity index (χ4v) is 5.15. The third kappa shape index (κ3) is 5.81. The molecule has 0 aliphatic carbocycles. The summed E-state index contributed by atoms with van der Waals surface area (Å²) in [5, 5.41) is 4.28. The van der Waals surface area contributed by atoms with Crippen LogP contribution in [0.1, 0.15) is 26.5 Å². The number of pyridine rings is 1. The molecule has 0 atom stereocenters. The minimum absolute atomic E-state index is 0.175. The molecule has 10 heteroatoms. The van der Waals surface area contributed by atoms with Crippen molar-refractivity contribution in [2.75, 3.05) is 56.0 Å². The van der Waals surface area contributed by atoms with E-state index in [2.05, 4.69) is 82.6 Å². The maximum atomic E-state index is 12.3. The highest BCUT2D eigenvalue weighted by Crippen LogP contribution is 2.32. The Labute approximate surface area is 225 Å². The van der Waals surface area contributed by atoms with Crippen LogP contribution in [0.4, 0.5) is 23.1 Å². The van der Waals surface area contributed by atoms with E-state index >= 15 is 0 Å². The number of rotatable bonds is 5. The normalized spacial score (nSPS) is 15.2. The molecule has 0 spiro atoms. The average Bonchev–Trinajstić information content (AvgIpc) is 3.24. The molecule has 1 saturated heterocycles. The number of anilines is 3. The van der Waals surface area contributed by atoms with Crippen LogP contribution in [0.25, 0.3) is 16.9 Å². The summed E-state index contributed by atoms with van der Waals surface area (Å²) in [6, 6.07) is 16.1. The Balaban J connectivity index is 1.50. The van der Waals surface area contributed by atoms with Gasteiger partial charge in [-0.25, -0.2) is 14.2 Å². The molecule has 1 N–H and O–H groups in total. The van der Waals surface area contributed by atoms with Crippen LogP contribution in [-0.2, 0) is 15.1 Å². The summed E-state index contributed by atoms with van der Waals surface area (Å²) in [7, 11) is -0.170. The summed E-state index contributed by atoms with van der Waals surface area (Å²) in [5.74, 6) is 1.62. The summed E-state index contributed by atoms with van der Waals surface area (Å²) in [5.41, 5.74) is 3.78. The summed E-state index contributed by atoms with van der Waals surface area (Å²) in [6.07, 6.45) is 5.06. The first kappa shape index (κ1) is 26.1. The van der Waals surface area contributed by atoms with E-state index in [1.165, 1.54) is 5.69 Å². The van der Waals surface area contributed by atoms with E-state index < -0.39 is 9.73 Å². The van der Waals surface area contributed by atoms with Gasteiger partial charge in [0.2, 0.25) is 5.95 Å². The topological polar surface area (TPSA) is 91.5 Å². The molecule has 3 aromatic heterocycles. The standard InChI is InChI=1S/C28H36N8OS/c1-28(2,3)23-18-20-19-29-27(30-21-10-12-22(13-11-21)35-16-14-34(4)15-17-35)32-26(20)36(23)25-9-7-8-24(31-25)33-38(5,6)37/h7-13,18-19H,14-17H2,1-6H3,(H,29,30,32). The molecule has 0 bridgehead atoms. The van der Waals surface area contributed by atoms with Crippen LogP contribution in [0.3, 0.4) is 0 Å². The number of fused-ring (bicyclic) bond motifs is 1. The Morgan fingerprint density at radius 1 is 0.974 bits per heavy atom. The van der Waals surface area contributed by atoms with Crippen LogP contribution in [0.15, 0.2) is 59.1 Å². The first-order valence-electron chi connectivity index (χ1n) is 12.8. The predicted octanol–water partition coefficient (Wildman–Crippen LogP) is 4.97. The molecule has 1 fully saturated rings. The SMILES string of the molecule is CN1CCN(c2ccc(Nc3ncc4cc(C(C)(C)C)n(-c5cccc(N=S(C)(C)=O)n5)c4n3)cc2)CC1. The lowest BCUT2D eigenvalue weighted by Crippen LogP contribution is -2.44. The van der Waals surface area contributed by atoms with Crippen molar-refractivity contribution in [3.8, 4) is 5.82 Å². The van der Waals surface area contributed by atoms with Crippen molar-refractivity contribution < 1.29 is 4.21 Å². The molecule has 0 unspecified atom stereocenters. The van der Waals surface area contributed by atoms with Crippen molar-refractivity contribution in [2.45, 2.75) is 26.2 Å². The summed E-state index contributed by atoms with van der Waals surface area (Å²) in [6.45, 7) is 10.7. The van der Waals surface area contributed by atoms with Crippen LogP contribution in [0, 0.1) is 0 Å². The molecule has 5 rings (SSSR count). The molecule has 1 aliphatic rings. The van der Waals surface area contributed by atoms with Gasteiger partial charge in [0.25, 0.3) is 0 Å². The molecular formula is C28H36N8OS. The highest BCUT2D eigenvalue weighted by atomic mass is 32.2. The van der Waals surface area contributed by atoms with Gasteiger partial charge in [0.15, 0.2) is 11.5 Å². The van der Waals surface area contributed by atoms with Gasteiger partial charge in [-0.15, -0.1) is 0 Å². The van der Waals surface area contributed by atoms with Gasteiger partial charge in [0.05, 0.1) is 0 Å².